The standard InChI is InChI=1S/C14H17ClO3S/c15-12-3-1-10(2-4-12)13(9-14(16)17)11-5-7-19(18)8-6-11/h1-4,11,13H,5-9H2,(H,16,17). The maximum Gasteiger partial charge on any atom is 0.303 e. The van der Waals surface area contributed by atoms with Crippen molar-refractivity contribution in [2.45, 2.75) is 25.2 Å². The molecule has 5 heteroatoms. The van der Waals surface area contributed by atoms with E-state index in [9.17, 15) is 9.00 Å². The molecule has 0 radical (unpaired) electrons. The van der Waals surface area contributed by atoms with E-state index >= 15 is 0 Å². The molecule has 104 valence electrons. The van der Waals surface area contributed by atoms with Gasteiger partial charge in [0.15, 0.2) is 0 Å². The summed E-state index contributed by atoms with van der Waals surface area (Å²) in [6.45, 7) is 0. The SMILES string of the molecule is O=C(O)CC(c1ccc(Cl)cc1)C1CCS(=O)CC1. The van der Waals surface area contributed by atoms with Crippen LogP contribution in [0, 0.1) is 5.92 Å². The van der Waals surface area contributed by atoms with Gasteiger partial charge >= 0.3 is 5.97 Å². The minimum absolute atomic E-state index is 0.00735. The third-order valence-electron chi connectivity index (χ3n) is 3.69. The lowest BCUT2D eigenvalue weighted by Crippen LogP contribution is -2.25. The summed E-state index contributed by atoms with van der Waals surface area (Å²) in [6, 6.07) is 7.41. The maximum absolute atomic E-state index is 11.4. The summed E-state index contributed by atoms with van der Waals surface area (Å²) in [6.07, 6.45) is 1.80. The molecular formula is C14H17ClO3S. The number of aliphatic carboxylic acids is 1. The van der Waals surface area contributed by atoms with E-state index in [0.717, 1.165) is 18.4 Å². The van der Waals surface area contributed by atoms with Gasteiger partial charge in [-0.25, -0.2) is 0 Å². The van der Waals surface area contributed by atoms with Gasteiger partial charge in [0.2, 0.25) is 0 Å². The summed E-state index contributed by atoms with van der Waals surface area (Å²) in [5.74, 6) is 0.886. The average molecular weight is 301 g/mol. The van der Waals surface area contributed by atoms with Crippen molar-refractivity contribution in [1.82, 2.24) is 0 Å². The number of hydrogen-bond acceptors (Lipinski definition) is 2. The molecule has 2 rings (SSSR count). The van der Waals surface area contributed by atoms with E-state index in [0.29, 0.717) is 22.4 Å². The molecule has 19 heavy (non-hydrogen) atoms. The fraction of sp³-hybridized carbons (Fsp3) is 0.500. The summed E-state index contributed by atoms with van der Waals surface area (Å²) < 4.78 is 11.4. The molecule has 3 nitrogen and oxygen atoms in total. The van der Waals surface area contributed by atoms with E-state index in [1.807, 2.05) is 12.1 Å². The molecule has 1 aromatic rings. The highest BCUT2D eigenvalue weighted by Crippen LogP contribution is 2.35. The maximum atomic E-state index is 11.4. The van der Waals surface area contributed by atoms with Crippen LogP contribution in [-0.4, -0.2) is 26.8 Å². The Morgan fingerprint density at radius 1 is 1.32 bits per heavy atom. The first-order valence-corrected chi connectivity index (χ1v) is 8.25. The van der Waals surface area contributed by atoms with Crippen molar-refractivity contribution in [3.05, 3.63) is 34.9 Å². The lowest BCUT2D eigenvalue weighted by Gasteiger charge is -2.29. The van der Waals surface area contributed by atoms with Gasteiger partial charge in [-0.05, 0) is 42.4 Å². The van der Waals surface area contributed by atoms with Crippen LogP contribution in [0.1, 0.15) is 30.7 Å². The highest BCUT2D eigenvalue weighted by molar-refractivity contribution is 7.85. The van der Waals surface area contributed by atoms with Crippen LogP contribution in [0.2, 0.25) is 5.02 Å². The van der Waals surface area contributed by atoms with Gasteiger partial charge in [0.25, 0.3) is 0 Å². The van der Waals surface area contributed by atoms with Gasteiger partial charge in [-0.2, -0.15) is 0 Å². The summed E-state index contributed by atoms with van der Waals surface area (Å²) in [5, 5.41) is 9.75. The molecular weight excluding hydrogens is 284 g/mol. The van der Waals surface area contributed by atoms with Gasteiger partial charge < -0.3 is 5.11 Å². The summed E-state index contributed by atoms with van der Waals surface area (Å²) >= 11 is 5.87. The quantitative estimate of drug-likeness (QED) is 0.930. The van der Waals surface area contributed by atoms with Crippen LogP contribution in [0.15, 0.2) is 24.3 Å². The topological polar surface area (TPSA) is 54.4 Å². The lowest BCUT2D eigenvalue weighted by molar-refractivity contribution is -0.137. The first-order chi connectivity index (χ1) is 9.06. The fourth-order valence-corrected chi connectivity index (χ4v) is 4.13. The molecule has 1 saturated heterocycles. The van der Waals surface area contributed by atoms with Crippen LogP contribution in [-0.2, 0) is 15.6 Å². The number of carboxylic acid groups (broad SMARTS) is 1. The van der Waals surface area contributed by atoms with Crippen molar-refractivity contribution in [3.8, 4) is 0 Å². The second-order valence-electron chi connectivity index (χ2n) is 4.94. The second kappa shape index (κ2) is 6.53. The Hall–Kier alpha value is -0.870. The van der Waals surface area contributed by atoms with Crippen molar-refractivity contribution in [1.29, 1.82) is 0 Å². The van der Waals surface area contributed by atoms with Crippen molar-refractivity contribution in [3.63, 3.8) is 0 Å². The number of halogens is 1. The third-order valence-corrected chi connectivity index (χ3v) is 5.33. The zero-order valence-electron chi connectivity index (χ0n) is 10.5. The molecule has 1 unspecified atom stereocenters. The predicted molar refractivity (Wildman–Crippen MR) is 77.0 cm³/mol. The molecule has 1 atom stereocenters. The van der Waals surface area contributed by atoms with Crippen LogP contribution >= 0.6 is 11.6 Å². The number of benzene rings is 1. The van der Waals surface area contributed by atoms with Gasteiger partial charge in [0, 0.05) is 27.3 Å². The predicted octanol–water partition coefficient (Wildman–Crippen LogP) is 3.06. The molecule has 1 N–H and O–H groups in total. The van der Waals surface area contributed by atoms with Gasteiger partial charge in [-0.3, -0.25) is 9.00 Å². The molecule has 1 fully saturated rings. The largest absolute Gasteiger partial charge is 0.481 e. The summed E-state index contributed by atoms with van der Waals surface area (Å²) in [7, 11) is -0.719. The Morgan fingerprint density at radius 3 is 2.42 bits per heavy atom. The van der Waals surface area contributed by atoms with Crippen LogP contribution in [0.4, 0.5) is 0 Å². The van der Waals surface area contributed by atoms with E-state index in [4.69, 9.17) is 16.7 Å². The van der Waals surface area contributed by atoms with E-state index in [1.165, 1.54) is 0 Å². The molecule has 0 bridgehead atoms. The Labute approximate surface area is 120 Å². The van der Waals surface area contributed by atoms with Crippen LogP contribution < -0.4 is 0 Å². The molecule has 1 aromatic carbocycles. The molecule has 0 saturated carbocycles. The highest BCUT2D eigenvalue weighted by atomic mass is 35.5. The summed E-state index contributed by atoms with van der Waals surface area (Å²) in [5.41, 5.74) is 1.02. The molecule has 1 aliphatic rings. The molecule has 0 amide bonds. The van der Waals surface area contributed by atoms with Gasteiger partial charge in [-0.1, -0.05) is 23.7 Å². The van der Waals surface area contributed by atoms with Gasteiger partial charge in [-0.15, -0.1) is 0 Å². The normalized spacial score (nSPS) is 24.9. The molecule has 0 aliphatic carbocycles. The smallest absolute Gasteiger partial charge is 0.303 e. The van der Waals surface area contributed by atoms with E-state index in [2.05, 4.69) is 0 Å². The Kier molecular flexibility index (Phi) is 4.99. The zero-order valence-corrected chi connectivity index (χ0v) is 12.1. The Bertz CT molecular complexity index is 462. The monoisotopic (exact) mass is 300 g/mol. The van der Waals surface area contributed by atoms with Crippen LogP contribution in [0.3, 0.4) is 0 Å². The van der Waals surface area contributed by atoms with E-state index < -0.39 is 16.8 Å². The molecule has 0 aromatic heterocycles. The van der Waals surface area contributed by atoms with Crippen molar-refractivity contribution in [2.75, 3.05) is 11.5 Å². The Balaban J connectivity index is 2.17. The van der Waals surface area contributed by atoms with Crippen molar-refractivity contribution >= 4 is 28.4 Å². The van der Waals surface area contributed by atoms with E-state index in [1.54, 1.807) is 12.1 Å². The molecule has 1 aliphatic heterocycles. The minimum Gasteiger partial charge on any atom is -0.481 e. The number of carbonyl (C=O) groups is 1. The third kappa shape index (κ3) is 4.05. The van der Waals surface area contributed by atoms with Gasteiger partial charge in [0.05, 0.1) is 6.42 Å². The minimum atomic E-state index is -0.786. The van der Waals surface area contributed by atoms with Crippen molar-refractivity contribution in [2.24, 2.45) is 5.92 Å². The Morgan fingerprint density at radius 2 is 1.89 bits per heavy atom. The van der Waals surface area contributed by atoms with Crippen LogP contribution in [0.5, 0.6) is 0 Å². The molecule has 0 spiro atoms. The zero-order chi connectivity index (χ0) is 13.8. The number of carboxylic acids is 1. The second-order valence-corrected chi connectivity index (χ2v) is 7.07. The van der Waals surface area contributed by atoms with Crippen molar-refractivity contribution < 1.29 is 14.1 Å². The lowest BCUT2D eigenvalue weighted by atomic mass is 9.80. The number of rotatable bonds is 4. The fourth-order valence-electron chi connectivity index (χ4n) is 2.67. The van der Waals surface area contributed by atoms with Crippen LogP contribution in [0.25, 0.3) is 0 Å². The van der Waals surface area contributed by atoms with Gasteiger partial charge in [0.1, 0.15) is 0 Å². The number of hydrogen-bond donors (Lipinski definition) is 1. The first kappa shape index (κ1) is 14.5. The summed E-state index contributed by atoms with van der Waals surface area (Å²) in [4.78, 5) is 11.1. The first-order valence-electron chi connectivity index (χ1n) is 6.38. The molecule has 1 heterocycles. The average Bonchev–Trinajstić information content (AvgIpc) is 2.38. The highest BCUT2D eigenvalue weighted by Gasteiger charge is 2.28. The van der Waals surface area contributed by atoms with E-state index in [-0.39, 0.29) is 12.3 Å².